The fraction of sp³-hybridized carbons (Fsp3) is 0.833. The number of hydrogen-bond acceptors (Lipinski definition) is 6. The molecule has 1 N–H and O–H groups in total. The zero-order valence-electron chi connectivity index (χ0n) is 29.4. The molecule has 5 rings (SSSR count). The van der Waals surface area contributed by atoms with Gasteiger partial charge in [0.25, 0.3) is 0 Å². The minimum Gasteiger partial charge on any atom is -0.347 e. The number of hydrogen-bond donors (Lipinski definition) is 1. The largest absolute Gasteiger partial charge is 0.436 e. The molecule has 45 heavy (non-hydrogen) atoms. The van der Waals surface area contributed by atoms with Crippen LogP contribution in [0.15, 0.2) is 16.8 Å². The van der Waals surface area contributed by atoms with Gasteiger partial charge in [0.15, 0.2) is 5.78 Å². The van der Waals surface area contributed by atoms with Crippen molar-refractivity contribution in [1.29, 1.82) is 0 Å². The van der Waals surface area contributed by atoms with Gasteiger partial charge in [0.2, 0.25) is 5.91 Å². The number of oxime groups is 1. The first-order chi connectivity index (χ1) is 21.1. The van der Waals surface area contributed by atoms with Crippen molar-refractivity contribution >= 4 is 23.5 Å². The van der Waals surface area contributed by atoms with Gasteiger partial charge >= 0.3 is 6.09 Å². The minimum absolute atomic E-state index is 0.115. The average Bonchev–Trinajstić information content (AvgIpc) is 3.59. The Morgan fingerprint density at radius 3 is 2.47 bits per heavy atom. The van der Waals surface area contributed by atoms with Crippen LogP contribution in [0.25, 0.3) is 0 Å². The Kier molecular flexibility index (Phi) is 9.92. The number of ketones is 1. The average molecular weight is 627 g/mol. The molecule has 2 unspecified atom stereocenters. The molecule has 9 nitrogen and oxygen atoms in total. The summed E-state index contributed by atoms with van der Waals surface area (Å²) in [6, 6.07) is 0.0641. The predicted octanol–water partition coefficient (Wildman–Crippen LogP) is 5.25. The number of carbonyl (C=O) groups is 3. The second-order valence-corrected chi connectivity index (χ2v) is 16.7. The van der Waals surface area contributed by atoms with Crippen molar-refractivity contribution in [3.8, 4) is 0 Å². The Labute approximate surface area is 271 Å². The summed E-state index contributed by atoms with van der Waals surface area (Å²) in [5.41, 5.74) is 2.72. The first kappa shape index (κ1) is 34.1. The van der Waals surface area contributed by atoms with E-state index in [4.69, 9.17) is 4.84 Å². The number of allylic oxidation sites excluding steroid dienone is 1. The van der Waals surface area contributed by atoms with Crippen molar-refractivity contribution in [3.63, 3.8) is 0 Å². The van der Waals surface area contributed by atoms with E-state index in [1.54, 1.807) is 23.9 Å². The SMILES string of the molecule is C/C(=N\OC(=O)N(CCC1CCC(C(=O)N(C)C)N1)CC[N+](C)(C)C)[C@H]1CC[C@H]2[C@@H]3CCC4=CC(=O)CC[C@]4(C)[C@H]3CC[C@]12C. The van der Waals surface area contributed by atoms with E-state index in [9.17, 15) is 14.4 Å². The molecular weight excluding hydrogens is 566 g/mol. The first-order valence-corrected chi connectivity index (χ1v) is 17.6. The summed E-state index contributed by atoms with van der Waals surface area (Å²) in [5.74, 6) is 2.77. The summed E-state index contributed by atoms with van der Waals surface area (Å²) < 4.78 is 0.754. The molecule has 0 radical (unpaired) electrons. The maximum Gasteiger partial charge on any atom is 0.436 e. The van der Waals surface area contributed by atoms with Gasteiger partial charge in [-0.15, -0.1) is 0 Å². The number of fused-ring (bicyclic) bond motifs is 5. The first-order valence-electron chi connectivity index (χ1n) is 17.6. The Bertz CT molecular complexity index is 1210. The smallest absolute Gasteiger partial charge is 0.347 e. The summed E-state index contributed by atoms with van der Waals surface area (Å²) in [7, 11) is 9.98. The van der Waals surface area contributed by atoms with Crippen molar-refractivity contribution in [2.45, 2.75) is 103 Å². The molecule has 1 aliphatic heterocycles. The number of quaternary nitrogens is 1. The second-order valence-electron chi connectivity index (χ2n) is 16.7. The van der Waals surface area contributed by atoms with E-state index >= 15 is 0 Å². The molecule has 0 bridgehead atoms. The van der Waals surface area contributed by atoms with Crippen molar-refractivity contribution in [2.24, 2.45) is 39.7 Å². The van der Waals surface area contributed by atoms with Gasteiger partial charge < -0.3 is 19.6 Å². The molecule has 1 heterocycles. The lowest BCUT2D eigenvalue weighted by atomic mass is 9.46. The highest BCUT2D eigenvalue weighted by molar-refractivity contribution is 5.91. The summed E-state index contributed by atoms with van der Waals surface area (Å²) in [6.45, 7) is 8.96. The van der Waals surface area contributed by atoms with Gasteiger partial charge in [-0.2, -0.15) is 0 Å². The van der Waals surface area contributed by atoms with Crippen LogP contribution in [0.1, 0.15) is 91.4 Å². The van der Waals surface area contributed by atoms with E-state index in [0.29, 0.717) is 49.0 Å². The fourth-order valence-corrected chi connectivity index (χ4v) is 10.1. The van der Waals surface area contributed by atoms with E-state index in [1.807, 2.05) is 6.08 Å². The fourth-order valence-electron chi connectivity index (χ4n) is 10.1. The molecule has 9 heteroatoms. The van der Waals surface area contributed by atoms with Gasteiger partial charge in [-0.1, -0.05) is 24.6 Å². The number of nitrogens with zero attached hydrogens (tertiary/aromatic N) is 4. The lowest BCUT2D eigenvalue weighted by molar-refractivity contribution is -0.869. The Morgan fingerprint density at radius 2 is 1.76 bits per heavy atom. The molecule has 0 aromatic rings. The van der Waals surface area contributed by atoms with Crippen molar-refractivity contribution in [3.05, 3.63) is 11.6 Å². The van der Waals surface area contributed by atoms with Crippen LogP contribution < -0.4 is 5.32 Å². The molecule has 0 aromatic carbocycles. The monoisotopic (exact) mass is 626 g/mol. The highest BCUT2D eigenvalue weighted by atomic mass is 16.7. The normalized spacial score (nSPS) is 36.5. The molecule has 4 fully saturated rings. The number of rotatable bonds is 9. The third-order valence-electron chi connectivity index (χ3n) is 12.8. The van der Waals surface area contributed by atoms with Gasteiger partial charge in [-0.3, -0.25) is 14.4 Å². The molecule has 252 valence electrons. The Balaban J connectivity index is 1.21. The van der Waals surface area contributed by atoms with Crippen LogP contribution in [0, 0.1) is 34.5 Å². The van der Waals surface area contributed by atoms with Gasteiger partial charge in [0.05, 0.1) is 46.0 Å². The zero-order valence-corrected chi connectivity index (χ0v) is 29.4. The summed E-state index contributed by atoms with van der Waals surface area (Å²) >= 11 is 0. The van der Waals surface area contributed by atoms with Crippen molar-refractivity contribution in [1.82, 2.24) is 15.1 Å². The standard InChI is InChI=1S/C36H60N5O4/c1-24(29-12-13-30-28-11-9-25-23-27(42)15-18-35(25,2)31(28)16-19-36(29,30)3)38-45-34(44)40(21-22-41(6,7)8)20-17-26-10-14-32(37-26)33(43)39(4)5/h23,26,28-32,37H,9-22H2,1-8H3/q+1/b38-24+/t26?,28-,29+,30-,31-,32?,35-,36+/m0/s1. The number of carbonyl (C=O) groups excluding carboxylic acids is 3. The maximum atomic E-state index is 13.5. The molecule has 8 atom stereocenters. The number of amides is 2. The van der Waals surface area contributed by atoms with E-state index in [2.05, 4.69) is 52.4 Å². The lowest BCUT2D eigenvalue weighted by Crippen LogP contribution is -2.51. The quantitative estimate of drug-likeness (QED) is 0.163. The highest BCUT2D eigenvalue weighted by Crippen LogP contribution is 2.66. The maximum absolute atomic E-state index is 13.5. The topological polar surface area (TPSA) is 91.3 Å². The molecule has 0 aromatic heterocycles. The summed E-state index contributed by atoms with van der Waals surface area (Å²) in [4.78, 5) is 47.3. The number of likely N-dealkylation sites (N-methyl/N-ethyl adjacent to an activating group) is 2. The van der Waals surface area contributed by atoms with Gasteiger partial charge in [-0.05, 0) is 106 Å². The highest BCUT2D eigenvalue weighted by Gasteiger charge is 2.59. The molecule has 2 amide bonds. The third kappa shape index (κ3) is 7.04. The van der Waals surface area contributed by atoms with E-state index in [1.165, 1.54) is 31.3 Å². The second kappa shape index (κ2) is 13.1. The van der Waals surface area contributed by atoms with Crippen LogP contribution >= 0.6 is 0 Å². The lowest BCUT2D eigenvalue weighted by Gasteiger charge is -2.58. The summed E-state index contributed by atoms with van der Waals surface area (Å²) in [6.07, 6.45) is 12.8. The number of nitrogens with one attached hydrogen (secondary N) is 1. The van der Waals surface area contributed by atoms with Crippen LogP contribution in [-0.2, 0) is 14.4 Å². The van der Waals surface area contributed by atoms with E-state index in [-0.39, 0.29) is 34.9 Å². The van der Waals surface area contributed by atoms with E-state index in [0.717, 1.165) is 55.3 Å². The van der Waals surface area contributed by atoms with Crippen LogP contribution in [0.2, 0.25) is 0 Å². The minimum atomic E-state index is -0.378. The van der Waals surface area contributed by atoms with Crippen molar-refractivity contribution in [2.75, 3.05) is 54.9 Å². The molecule has 0 spiro atoms. The molecule has 5 aliphatic rings. The Morgan fingerprint density at radius 1 is 1.00 bits per heavy atom. The van der Waals surface area contributed by atoms with Crippen LogP contribution in [0.3, 0.4) is 0 Å². The molecular formula is C36H60N5O4+. The zero-order chi connectivity index (χ0) is 32.7. The van der Waals surface area contributed by atoms with Crippen LogP contribution in [-0.4, -0.2) is 105 Å². The Hall–Kier alpha value is -2.26. The predicted molar refractivity (Wildman–Crippen MR) is 178 cm³/mol. The third-order valence-corrected chi connectivity index (χ3v) is 12.8. The van der Waals surface area contributed by atoms with Crippen molar-refractivity contribution < 1.29 is 23.7 Å². The van der Waals surface area contributed by atoms with Gasteiger partial charge in [0, 0.05) is 39.0 Å². The van der Waals surface area contributed by atoms with Gasteiger partial charge in [-0.25, -0.2) is 4.79 Å². The molecule has 1 saturated heterocycles. The van der Waals surface area contributed by atoms with Crippen LogP contribution in [0.5, 0.6) is 0 Å². The molecule has 4 aliphatic carbocycles. The molecule has 3 saturated carbocycles. The summed E-state index contributed by atoms with van der Waals surface area (Å²) in [5, 5.41) is 8.02. The van der Waals surface area contributed by atoms with E-state index < -0.39 is 0 Å². The van der Waals surface area contributed by atoms with Gasteiger partial charge in [0.1, 0.15) is 0 Å². The van der Waals surface area contributed by atoms with Crippen LogP contribution in [0.4, 0.5) is 4.79 Å².